The van der Waals surface area contributed by atoms with Gasteiger partial charge in [-0.05, 0) is 46.2 Å². The van der Waals surface area contributed by atoms with Gasteiger partial charge in [-0.2, -0.15) is 0 Å². The third-order valence-corrected chi connectivity index (χ3v) is 3.81. The predicted octanol–water partition coefficient (Wildman–Crippen LogP) is 5.05. The number of halogens is 3. The SMILES string of the molecule is CCNC(c1ccc(Cl)cc1Cl)c1occc1Br. The molecule has 5 heteroatoms. The van der Waals surface area contributed by atoms with Gasteiger partial charge in [0.25, 0.3) is 0 Å². The van der Waals surface area contributed by atoms with Crippen LogP contribution in [0.3, 0.4) is 0 Å². The van der Waals surface area contributed by atoms with Gasteiger partial charge in [-0.1, -0.05) is 36.2 Å². The van der Waals surface area contributed by atoms with Crippen molar-refractivity contribution in [3.63, 3.8) is 0 Å². The Morgan fingerprint density at radius 3 is 2.67 bits per heavy atom. The van der Waals surface area contributed by atoms with E-state index in [0.717, 1.165) is 22.3 Å². The summed E-state index contributed by atoms with van der Waals surface area (Å²) in [5.41, 5.74) is 0.943. The normalized spacial score (nSPS) is 12.7. The van der Waals surface area contributed by atoms with Gasteiger partial charge in [-0.15, -0.1) is 0 Å². The monoisotopic (exact) mass is 347 g/mol. The van der Waals surface area contributed by atoms with Gasteiger partial charge in [0.2, 0.25) is 0 Å². The van der Waals surface area contributed by atoms with Crippen molar-refractivity contribution in [2.45, 2.75) is 13.0 Å². The third-order valence-electron chi connectivity index (χ3n) is 2.59. The molecule has 0 saturated heterocycles. The maximum atomic E-state index is 6.25. The number of furan rings is 1. The van der Waals surface area contributed by atoms with Crippen LogP contribution >= 0.6 is 39.1 Å². The maximum Gasteiger partial charge on any atom is 0.139 e. The molecule has 0 aliphatic heterocycles. The van der Waals surface area contributed by atoms with Crippen LogP contribution in [0, 0.1) is 0 Å². The lowest BCUT2D eigenvalue weighted by atomic mass is 10.0. The molecule has 0 radical (unpaired) electrons. The summed E-state index contributed by atoms with van der Waals surface area (Å²) >= 11 is 15.6. The van der Waals surface area contributed by atoms with Gasteiger partial charge in [0, 0.05) is 10.0 Å². The van der Waals surface area contributed by atoms with Gasteiger partial charge in [0.1, 0.15) is 5.76 Å². The van der Waals surface area contributed by atoms with E-state index < -0.39 is 0 Å². The number of nitrogens with one attached hydrogen (secondary N) is 1. The summed E-state index contributed by atoms with van der Waals surface area (Å²) in [5, 5.41) is 4.60. The topological polar surface area (TPSA) is 25.2 Å². The summed E-state index contributed by atoms with van der Waals surface area (Å²) in [5.74, 6) is 0.807. The van der Waals surface area contributed by atoms with Crippen LogP contribution in [0.1, 0.15) is 24.3 Å². The van der Waals surface area contributed by atoms with Crippen LogP contribution in [0.4, 0.5) is 0 Å². The summed E-state index contributed by atoms with van der Waals surface area (Å²) in [6.07, 6.45) is 1.65. The fourth-order valence-electron chi connectivity index (χ4n) is 1.80. The van der Waals surface area contributed by atoms with Gasteiger partial charge in [0.05, 0.1) is 16.8 Å². The van der Waals surface area contributed by atoms with Crippen molar-refractivity contribution in [1.29, 1.82) is 0 Å². The first-order valence-corrected chi connectivity index (χ1v) is 7.09. The molecule has 18 heavy (non-hydrogen) atoms. The molecule has 1 heterocycles. The highest BCUT2D eigenvalue weighted by molar-refractivity contribution is 9.10. The van der Waals surface area contributed by atoms with Gasteiger partial charge in [-0.3, -0.25) is 0 Å². The van der Waals surface area contributed by atoms with Crippen LogP contribution in [0.25, 0.3) is 0 Å². The maximum absolute atomic E-state index is 6.25. The molecule has 1 unspecified atom stereocenters. The second-order valence-corrected chi connectivity index (χ2v) is 5.49. The van der Waals surface area contributed by atoms with E-state index in [2.05, 4.69) is 21.2 Å². The highest BCUT2D eigenvalue weighted by atomic mass is 79.9. The molecule has 0 aliphatic carbocycles. The summed E-state index contributed by atoms with van der Waals surface area (Å²) < 4.78 is 6.43. The van der Waals surface area contributed by atoms with Crippen molar-refractivity contribution in [1.82, 2.24) is 5.32 Å². The lowest BCUT2D eigenvalue weighted by molar-refractivity contribution is 0.450. The Bertz CT molecular complexity index is 542. The van der Waals surface area contributed by atoms with Gasteiger partial charge >= 0.3 is 0 Å². The van der Waals surface area contributed by atoms with Crippen molar-refractivity contribution in [3.8, 4) is 0 Å². The molecule has 1 N–H and O–H groups in total. The van der Waals surface area contributed by atoms with Crippen LogP contribution in [0.5, 0.6) is 0 Å². The second kappa shape index (κ2) is 6.11. The van der Waals surface area contributed by atoms with Gasteiger partial charge in [-0.25, -0.2) is 0 Å². The van der Waals surface area contributed by atoms with Crippen molar-refractivity contribution in [3.05, 3.63) is 56.4 Å². The molecule has 0 spiro atoms. The quantitative estimate of drug-likeness (QED) is 0.836. The molecule has 2 rings (SSSR count). The number of benzene rings is 1. The van der Waals surface area contributed by atoms with Crippen molar-refractivity contribution in [2.75, 3.05) is 6.54 Å². The molecule has 0 fully saturated rings. The van der Waals surface area contributed by atoms with Gasteiger partial charge in [0.15, 0.2) is 0 Å². The van der Waals surface area contributed by atoms with E-state index in [1.54, 1.807) is 12.3 Å². The summed E-state index contributed by atoms with van der Waals surface area (Å²) in [7, 11) is 0. The Labute approximate surface area is 124 Å². The second-order valence-electron chi connectivity index (χ2n) is 3.79. The van der Waals surface area contributed by atoms with Crippen molar-refractivity contribution < 1.29 is 4.42 Å². The number of hydrogen-bond acceptors (Lipinski definition) is 2. The predicted molar refractivity (Wildman–Crippen MR) is 78.4 cm³/mol. The highest BCUT2D eigenvalue weighted by Gasteiger charge is 2.21. The standard InChI is InChI=1S/C13H12BrCl2NO/c1-2-17-12(13-10(14)5-6-18-13)9-4-3-8(15)7-11(9)16/h3-7,12,17H,2H2,1H3. The average molecular weight is 349 g/mol. The van der Waals surface area contributed by atoms with E-state index in [1.165, 1.54) is 0 Å². The molecule has 1 aromatic heterocycles. The van der Waals surface area contributed by atoms with E-state index in [0.29, 0.717) is 10.0 Å². The van der Waals surface area contributed by atoms with E-state index in [4.69, 9.17) is 27.6 Å². The molecule has 2 nitrogen and oxygen atoms in total. The molecule has 0 aliphatic rings. The largest absolute Gasteiger partial charge is 0.466 e. The molecule has 2 aromatic rings. The Morgan fingerprint density at radius 1 is 1.33 bits per heavy atom. The third kappa shape index (κ3) is 2.91. The fraction of sp³-hybridized carbons (Fsp3) is 0.231. The molecule has 0 bridgehead atoms. The molecule has 0 amide bonds. The Kier molecular flexibility index (Phi) is 4.73. The first-order chi connectivity index (χ1) is 8.63. The van der Waals surface area contributed by atoms with Crippen LogP contribution in [0.15, 0.2) is 39.4 Å². The Morgan fingerprint density at radius 2 is 2.11 bits per heavy atom. The Balaban J connectivity index is 2.45. The average Bonchev–Trinajstić information content (AvgIpc) is 2.73. The van der Waals surface area contributed by atoms with Crippen molar-refractivity contribution in [2.24, 2.45) is 0 Å². The zero-order chi connectivity index (χ0) is 13.1. The van der Waals surface area contributed by atoms with Crippen LogP contribution in [-0.4, -0.2) is 6.54 Å². The lowest BCUT2D eigenvalue weighted by Gasteiger charge is -2.18. The van der Waals surface area contributed by atoms with Crippen LogP contribution in [-0.2, 0) is 0 Å². The minimum atomic E-state index is -0.0934. The molecule has 1 aromatic carbocycles. The van der Waals surface area contributed by atoms with E-state index in [1.807, 2.05) is 25.1 Å². The first kappa shape index (κ1) is 13.9. The molecule has 0 saturated carbocycles. The van der Waals surface area contributed by atoms with Crippen LogP contribution < -0.4 is 5.32 Å². The minimum absolute atomic E-state index is 0.0934. The Hall–Kier alpha value is -0.480. The summed E-state index contributed by atoms with van der Waals surface area (Å²) in [6.45, 7) is 2.84. The van der Waals surface area contributed by atoms with Crippen LogP contribution in [0.2, 0.25) is 10.0 Å². The van der Waals surface area contributed by atoms with E-state index >= 15 is 0 Å². The van der Waals surface area contributed by atoms with Gasteiger partial charge < -0.3 is 9.73 Å². The highest BCUT2D eigenvalue weighted by Crippen LogP contribution is 2.34. The van der Waals surface area contributed by atoms with Crippen molar-refractivity contribution >= 4 is 39.1 Å². The molecule has 1 atom stereocenters. The first-order valence-electron chi connectivity index (χ1n) is 5.54. The van der Waals surface area contributed by atoms with E-state index in [9.17, 15) is 0 Å². The molecule has 96 valence electrons. The zero-order valence-electron chi connectivity index (χ0n) is 9.71. The van der Waals surface area contributed by atoms with E-state index in [-0.39, 0.29) is 6.04 Å². The number of hydrogen-bond donors (Lipinski definition) is 1. The minimum Gasteiger partial charge on any atom is -0.466 e. The molecular formula is C13H12BrCl2NO. The smallest absolute Gasteiger partial charge is 0.139 e. The molecular weight excluding hydrogens is 337 g/mol. The number of rotatable bonds is 4. The summed E-state index contributed by atoms with van der Waals surface area (Å²) in [4.78, 5) is 0. The lowest BCUT2D eigenvalue weighted by Crippen LogP contribution is -2.22. The zero-order valence-corrected chi connectivity index (χ0v) is 12.8. The fourth-order valence-corrected chi connectivity index (χ4v) is 2.74. The summed E-state index contributed by atoms with van der Waals surface area (Å²) in [6, 6.07) is 7.24.